The normalized spacial score (nSPS) is 14.7. The van der Waals surface area contributed by atoms with Crippen molar-refractivity contribution in [3.8, 4) is 17.6 Å². The highest BCUT2D eigenvalue weighted by molar-refractivity contribution is 7.89. The van der Waals surface area contributed by atoms with E-state index in [-0.39, 0.29) is 28.1 Å². The van der Waals surface area contributed by atoms with Gasteiger partial charge < -0.3 is 0 Å². The minimum Gasteiger partial charge on any atom is -0.290 e. The Morgan fingerprint density at radius 1 is 1.15 bits per heavy atom. The summed E-state index contributed by atoms with van der Waals surface area (Å²) in [5.41, 5.74) is 0.295. The lowest BCUT2D eigenvalue weighted by atomic mass is 10.1. The van der Waals surface area contributed by atoms with Crippen LogP contribution in [-0.2, 0) is 10.0 Å². The van der Waals surface area contributed by atoms with E-state index >= 15 is 0 Å². The second kappa shape index (κ2) is 8.26. The van der Waals surface area contributed by atoms with Gasteiger partial charge in [0.1, 0.15) is 28.3 Å². The van der Waals surface area contributed by atoms with Crippen molar-refractivity contribution in [2.45, 2.75) is 30.5 Å². The van der Waals surface area contributed by atoms with Crippen LogP contribution in [0.2, 0.25) is 0 Å². The molecule has 1 atom stereocenters. The van der Waals surface area contributed by atoms with E-state index in [9.17, 15) is 35.6 Å². The van der Waals surface area contributed by atoms with Crippen LogP contribution < -0.4 is 4.72 Å². The number of halogens is 5. The lowest BCUT2D eigenvalue weighted by Gasteiger charge is -2.17. The molecule has 1 aliphatic carbocycles. The Hall–Kier alpha value is -3.70. The van der Waals surface area contributed by atoms with Gasteiger partial charge in [0.25, 0.3) is 6.43 Å². The third-order valence-electron chi connectivity index (χ3n) is 4.96. The van der Waals surface area contributed by atoms with Gasteiger partial charge in [0.2, 0.25) is 10.0 Å². The summed E-state index contributed by atoms with van der Waals surface area (Å²) < 4.78 is 92.2. The van der Waals surface area contributed by atoms with Crippen molar-refractivity contribution in [1.82, 2.24) is 24.2 Å². The largest absolute Gasteiger partial charge is 0.404 e. The van der Waals surface area contributed by atoms with Crippen LogP contribution in [0.25, 0.3) is 28.2 Å². The fraction of sp³-hybridized carbons (Fsp3) is 0.200. The number of aromatic nitrogens is 4. The number of nitrogens with one attached hydrogen (secondary N) is 1. The molecule has 3 aromatic heterocycles. The Kier molecular flexibility index (Phi) is 5.70. The number of hydrogen-bond acceptors (Lipinski definition) is 6. The van der Waals surface area contributed by atoms with E-state index in [1.54, 1.807) is 18.2 Å². The van der Waals surface area contributed by atoms with E-state index in [1.807, 2.05) is 6.07 Å². The molecule has 1 aliphatic rings. The van der Waals surface area contributed by atoms with Crippen LogP contribution in [0, 0.1) is 11.3 Å². The summed E-state index contributed by atoms with van der Waals surface area (Å²) in [7, 11) is -4.60. The van der Waals surface area contributed by atoms with Gasteiger partial charge in [-0.2, -0.15) is 23.2 Å². The number of allylic oxidation sites excluding steroid dienone is 4. The monoisotopic (exact) mass is 496 g/mol. The molecule has 3 aromatic rings. The van der Waals surface area contributed by atoms with Gasteiger partial charge in [-0.05, 0) is 25.1 Å². The van der Waals surface area contributed by atoms with E-state index in [0.717, 1.165) is 24.7 Å². The van der Waals surface area contributed by atoms with E-state index < -0.39 is 39.1 Å². The van der Waals surface area contributed by atoms with Crippen LogP contribution in [0.1, 0.15) is 24.5 Å². The third kappa shape index (κ3) is 4.03. The average Bonchev–Trinajstić information content (AvgIpc) is 3.05. The molecule has 176 valence electrons. The number of pyridine rings is 1. The molecule has 0 bridgehead atoms. The number of nitriles is 1. The Morgan fingerprint density at radius 2 is 1.79 bits per heavy atom. The average molecular weight is 496 g/mol. The minimum atomic E-state index is -4.80. The summed E-state index contributed by atoms with van der Waals surface area (Å²) in [6.07, 6.45) is -0.0619. The summed E-state index contributed by atoms with van der Waals surface area (Å²) in [5.74, 6) is -0.155. The van der Waals surface area contributed by atoms with Crippen LogP contribution >= 0.6 is 0 Å². The molecule has 0 radical (unpaired) electrons. The van der Waals surface area contributed by atoms with Crippen molar-refractivity contribution in [2.75, 3.05) is 0 Å². The number of rotatable bonds is 6. The molecule has 4 rings (SSSR count). The fourth-order valence-corrected chi connectivity index (χ4v) is 4.27. The van der Waals surface area contributed by atoms with Crippen LogP contribution in [0.3, 0.4) is 0 Å². The molecule has 0 saturated carbocycles. The van der Waals surface area contributed by atoms with Gasteiger partial charge in [-0.15, -0.1) is 0 Å². The van der Waals surface area contributed by atoms with Gasteiger partial charge in [0.05, 0.1) is 18.0 Å². The molecule has 14 heteroatoms. The SMILES string of the molecule is CC(NS(=O)(=O)c1cnc(-c2c(C#N)c3cc(C(F)F)cnc3n2C2=CC=C2)nc1)C(F)(F)F. The van der Waals surface area contributed by atoms with E-state index in [1.165, 1.54) is 9.29 Å². The highest BCUT2D eigenvalue weighted by Crippen LogP contribution is 2.36. The maximum absolute atomic E-state index is 13.2. The molecule has 0 fully saturated rings. The van der Waals surface area contributed by atoms with Crippen LogP contribution in [0.5, 0.6) is 0 Å². The smallest absolute Gasteiger partial charge is 0.290 e. The molecule has 0 amide bonds. The Balaban J connectivity index is 1.83. The Labute approximate surface area is 189 Å². The van der Waals surface area contributed by atoms with E-state index in [2.05, 4.69) is 15.0 Å². The van der Waals surface area contributed by atoms with Crippen molar-refractivity contribution >= 4 is 26.8 Å². The predicted octanol–water partition coefficient (Wildman–Crippen LogP) is 3.94. The predicted molar refractivity (Wildman–Crippen MR) is 110 cm³/mol. The third-order valence-corrected chi connectivity index (χ3v) is 6.45. The zero-order valence-electron chi connectivity index (χ0n) is 17.0. The molecule has 0 aliphatic heterocycles. The summed E-state index contributed by atoms with van der Waals surface area (Å²) >= 11 is 0. The second-order valence-corrected chi connectivity index (χ2v) is 8.90. The molecule has 34 heavy (non-hydrogen) atoms. The summed E-state index contributed by atoms with van der Waals surface area (Å²) in [4.78, 5) is 11.3. The molecule has 1 N–H and O–H groups in total. The molecule has 8 nitrogen and oxygen atoms in total. The number of nitrogens with zero attached hydrogens (tertiary/aromatic N) is 5. The molecule has 0 spiro atoms. The summed E-state index contributed by atoms with van der Waals surface area (Å²) in [6.45, 7) is 0.644. The van der Waals surface area contributed by atoms with E-state index in [0.29, 0.717) is 12.6 Å². The van der Waals surface area contributed by atoms with Crippen molar-refractivity contribution in [3.63, 3.8) is 0 Å². The summed E-state index contributed by atoms with van der Waals surface area (Å²) in [5, 5.41) is 9.88. The molecule has 0 saturated heterocycles. The minimum absolute atomic E-state index is 0.0626. The standard InChI is InChI=1S/C20H13F5N6O2S/c1-10(20(23,24)25)30-34(32,33)13-8-27-18(28-9-13)16-15(6-26)14-5-11(17(21)22)7-29-19(14)31(16)12-3-2-4-12/h2-5,7-10,17,30H,1H3. The van der Waals surface area contributed by atoms with Crippen molar-refractivity contribution in [2.24, 2.45) is 0 Å². The quantitative estimate of drug-likeness (QED) is 0.517. The van der Waals surface area contributed by atoms with Gasteiger partial charge in [-0.25, -0.2) is 32.2 Å². The first-order valence-corrected chi connectivity index (χ1v) is 10.9. The van der Waals surface area contributed by atoms with Gasteiger partial charge in [-0.1, -0.05) is 6.08 Å². The first kappa shape index (κ1) is 23.5. The lowest BCUT2D eigenvalue weighted by molar-refractivity contribution is -0.147. The van der Waals surface area contributed by atoms with Crippen molar-refractivity contribution < 1.29 is 30.4 Å². The van der Waals surface area contributed by atoms with Crippen molar-refractivity contribution in [3.05, 3.63) is 54.0 Å². The fourth-order valence-electron chi connectivity index (χ4n) is 3.15. The molecule has 0 aromatic carbocycles. The zero-order chi connectivity index (χ0) is 24.8. The first-order valence-electron chi connectivity index (χ1n) is 9.47. The molecule has 3 heterocycles. The van der Waals surface area contributed by atoms with Gasteiger partial charge in [0.15, 0.2) is 5.82 Å². The molecular formula is C20H13F5N6O2S. The lowest BCUT2D eigenvalue weighted by Crippen LogP contribution is -2.43. The first-order chi connectivity index (χ1) is 15.9. The Bertz CT molecular complexity index is 1480. The molecular weight excluding hydrogens is 483 g/mol. The highest BCUT2D eigenvalue weighted by atomic mass is 32.2. The number of alkyl halides is 5. The maximum atomic E-state index is 13.2. The Morgan fingerprint density at radius 3 is 2.29 bits per heavy atom. The summed E-state index contributed by atoms with van der Waals surface area (Å²) in [6, 6.07) is 0.693. The zero-order valence-corrected chi connectivity index (χ0v) is 17.9. The maximum Gasteiger partial charge on any atom is 0.404 e. The van der Waals surface area contributed by atoms with Gasteiger partial charge in [0, 0.05) is 22.8 Å². The molecule has 1 unspecified atom stereocenters. The van der Waals surface area contributed by atoms with Crippen molar-refractivity contribution in [1.29, 1.82) is 5.26 Å². The number of sulfonamides is 1. The van der Waals surface area contributed by atoms with E-state index in [4.69, 9.17) is 0 Å². The van der Waals surface area contributed by atoms with Crippen LogP contribution in [-0.4, -0.2) is 40.2 Å². The number of hydrogen-bond donors (Lipinski definition) is 1. The number of fused-ring (bicyclic) bond motifs is 1. The van der Waals surface area contributed by atoms with Gasteiger partial charge in [-0.3, -0.25) is 4.57 Å². The van der Waals surface area contributed by atoms with Crippen LogP contribution in [0.15, 0.2) is 47.8 Å². The highest BCUT2D eigenvalue weighted by Gasteiger charge is 2.39. The topological polar surface area (TPSA) is 114 Å². The second-order valence-electron chi connectivity index (χ2n) is 7.19. The van der Waals surface area contributed by atoms with Gasteiger partial charge >= 0.3 is 6.18 Å². The van der Waals surface area contributed by atoms with Crippen LogP contribution in [0.4, 0.5) is 22.0 Å².